The highest BCUT2D eigenvalue weighted by atomic mass is 35.5. The molecule has 0 saturated heterocycles. The Labute approximate surface area is 110 Å². The molecule has 0 unspecified atom stereocenters. The number of hydrogen-bond donors (Lipinski definition) is 1. The van der Waals surface area contributed by atoms with Crippen LogP contribution in [0.5, 0.6) is 0 Å². The van der Waals surface area contributed by atoms with Gasteiger partial charge in [0.2, 0.25) is 5.91 Å². The number of carbonyl (C=O) groups excluding carboxylic acids is 2. The Morgan fingerprint density at radius 2 is 2.11 bits per heavy atom. The van der Waals surface area contributed by atoms with Gasteiger partial charge in [0.05, 0.1) is 5.56 Å². The molecule has 1 aromatic rings. The van der Waals surface area contributed by atoms with Crippen LogP contribution in [0.25, 0.3) is 0 Å². The fraction of sp³-hybridized carbons (Fsp3) is 0.455. The first kappa shape index (κ1) is 14.4. The summed E-state index contributed by atoms with van der Waals surface area (Å²) in [6.07, 6.45) is 0.907. The SMILES string of the molecule is Cc1nc(Cl)c(C=O)c(NCCC(=O)N(C)C)n1. The van der Waals surface area contributed by atoms with Gasteiger partial charge in [-0.1, -0.05) is 11.6 Å². The van der Waals surface area contributed by atoms with E-state index >= 15 is 0 Å². The number of nitrogens with zero attached hydrogens (tertiary/aromatic N) is 3. The van der Waals surface area contributed by atoms with E-state index in [0.29, 0.717) is 30.9 Å². The monoisotopic (exact) mass is 270 g/mol. The molecule has 1 heterocycles. The number of aldehydes is 1. The third kappa shape index (κ3) is 3.66. The van der Waals surface area contributed by atoms with Crippen LogP contribution in [0.15, 0.2) is 0 Å². The second-order valence-electron chi connectivity index (χ2n) is 3.91. The standard InChI is InChI=1S/C11H15ClN4O2/c1-7-14-10(12)8(6-17)11(15-7)13-5-4-9(18)16(2)3/h6H,4-5H2,1-3H3,(H,13,14,15). The summed E-state index contributed by atoms with van der Waals surface area (Å²) in [6, 6.07) is 0. The highest BCUT2D eigenvalue weighted by Gasteiger charge is 2.11. The van der Waals surface area contributed by atoms with Crippen LogP contribution < -0.4 is 5.32 Å². The summed E-state index contributed by atoms with van der Waals surface area (Å²) in [5.41, 5.74) is 0.208. The van der Waals surface area contributed by atoms with Crippen molar-refractivity contribution in [2.24, 2.45) is 0 Å². The number of aromatic nitrogens is 2. The van der Waals surface area contributed by atoms with Gasteiger partial charge < -0.3 is 10.2 Å². The van der Waals surface area contributed by atoms with Crippen LogP contribution >= 0.6 is 11.6 Å². The van der Waals surface area contributed by atoms with Gasteiger partial charge in [-0.15, -0.1) is 0 Å². The van der Waals surface area contributed by atoms with Crippen molar-refractivity contribution in [2.45, 2.75) is 13.3 Å². The topological polar surface area (TPSA) is 75.2 Å². The third-order valence-electron chi connectivity index (χ3n) is 2.26. The normalized spacial score (nSPS) is 10.0. The van der Waals surface area contributed by atoms with Crippen molar-refractivity contribution in [1.29, 1.82) is 0 Å². The molecule has 1 amide bonds. The molecule has 0 aliphatic rings. The second kappa shape index (κ2) is 6.30. The molecule has 0 radical (unpaired) electrons. The minimum absolute atomic E-state index is 0.00738. The van der Waals surface area contributed by atoms with E-state index in [1.165, 1.54) is 4.90 Å². The summed E-state index contributed by atoms with van der Waals surface area (Å²) in [4.78, 5) is 31.7. The van der Waals surface area contributed by atoms with Crippen LogP contribution in [0.1, 0.15) is 22.6 Å². The fourth-order valence-corrected chi connectivity index (χ4v) is 1.55. The van der Waals surface area contributed by atoms with Gasteiger partial charge in [0.25, 0.3) is 0 Å². The van der Waals surface area contributed by atoms with Crippen LogP contribution in [0, 0.1) is 6.92 Å². The zero-order valence-electron chi connectivity index (χ0n) is 10.5. The predicted octanol–water partition coefficient (Wildman–Crippen LogP) is 1.14. The van der Waals surface area contributed by atoms with Crippen LogP contribution in [-0.2, 0) is 4.79 Å². The number of anilines is 1. The molecule has 0 bridgehead atoms. The van der Waals surface area contributed by atoms with Gasteiger partial charge in [-0.05, 0) is 6.92 Å². The maximum Gasteiger partial charge on any atom is 0.223 e. The molecule has 0 atom stereocenters. The molecule has 0 aromatic carbocycles. The molecule has 0 aliphatic carbocycles. The quantitative estimate of drug-likeness (QED) is 0.641. The average molecular weight is 271 g/mol. The largest absolute Gasteiger partial charge is 0.369 e. The lowest BCUT2D eigenvalue weighted by atomic mass is 10.3. The van der Waals surface area contributed by atoms with Gasteiger partial charge in [0.15, 0.2) is 6.29 Å². The van der Waals surface area contributed by atoms with Crippen molar-refractivity contribution < 1.29 is 9.59 Å². The lowest BCUT2D eigenvalue weighted by Gasteiger charge is -2.12. The average Bonchev–Trinajstić information content (AvgIpc) is 2.28. The van der Waals surface area contributed by atoms with Crippen molar-refractivity contribution in [3.05, 3.63) is 16.5 Å². The molecule has 0 fully saturated rings. The van der Waals surface area contributed by atoms with E-state index in [1.807, 2.05) is 0 Å². The Kier molecular flexibility index (Phi) is 5.03. The molecule has 0 aliphatic heterocycles. The number of carbonyl (C=O) groups is 2. The van der Waals surface area contributed by atoms with Crippen molar-refractivity contribution in [3.8, 4) is 0 Å². The molecule has 6 nitrogen and oxygen atoms in total. The van der Waals surface area contributed by atoms with Crippen molar-refractivity contribution in [2.75, 3.05) is 26.0 Å². The number of nitrogens with one attached hydrogen (secondary N) is 1. The summed E-state index contributed by atoms with van der Waals surface area (Å²) in [6.45, 7) is 2.06. The van der Waals surface area contributed by atoms with Gasteiger partial charge >= 0.3 is 0 Å². The molecule has 1 N–H and O–H groups in total. The van der Waals surface area contributed by atoms with E-state index in [9.17, 15) is 9.59 Å². The highest BCUT2D eigenvalue weighted by Crippen LogP contribution is 2.18. The van der Waals surface area contributed by atoms with Gasteiger partial charge in [-0.3, -0.25) is 9.59 Å². The molecular formula is C11H15ClN4O2. The molecule has 18 heavy (non-hydrogen) atoms. The maximum atomic E-state index is 11.4. The number of hydrogen-bond acceptors (Lipinski definition) is 5. The van der Waals surface area contributed by atoms with Crippen LogP contribution in [0.2, 0.25) is 5.15 Å². The predicted molar refractivity (Wildman–Crippen MR) is 69.0 cm³/mol. The Hall–Kier alpha value is -1.69. The van der Waals surface area contributed by atoms with E-state index in [2.05, 4.69) is 15.3 Å². The van der Waals surface area contributed by atoms with Gasteiger partial charge in [-0.25, -0.2) is 9.97 Å². The molecule has 1 rings (SSSR count). The minimum Gasteiger partial charge on any atom is -0.369 e. The maximum absolute atomic E-state index is 11.4. The van der Waals surface area contributed by atoms with E-state index in [1.54, 1.807) is 21.0 Å². The van der Waals surface area contributed by atoms with E-state index in [4.69, 9.17) is 11.6 Å². The first-order valence-electron chi connectivity index (χ1n) is 5.39. The number of halogens is 1. The molecule has 98 valence electrons. The minimum atomic E-state index is -0.00738. The van der Waals surface area contributed by atoms with Crippen molar-refractivity contribution in [1.82, 2.24) is 14.9 Å². The smallest absolute Gasteiger partial charge is 0.223 e. The zero-order chi connectivity index (χ0) is 13.7. The number of amides is 1. The summed E-state index contributed by atoms with van der Waals surface area (Å²) < 4.78 is 0. The van der Waals surface area contributed by atoms with Gasteiger partial charge in [0.1, 0.15) is 16.8 Å². The van der Waals surface area contributed by atoms with Crippen molar-refractivity contribution >= 4 is 29.6 Å². The Morgan fingerprint density at radius 3 is 2.67 bits per heavy atom. The van der Waals surface area contributed by atoms with Crippen molar-refractivity contribution in [3.63, 3.8) is 0 Å². The first-order chi connectivity index (χ1) is 8.45. The summed E-state index contributed by atoms with van der Waals surface area (Å²) in [5, 5.41) is 3.03. The number of aryl methyl sites for hydroxylation is 1. The molecule has 0 saturated carbocycles. The van der Waals surface area contributed by atoms with E-state index < -0.39 is 0 Å². The fourth-order valence-electron chi connectivity index (χ4n) is 1.30. The lowest BCUT2D eigenvalue weighted by Crippen LogP contribution is -2.24. The summed E-state index contributed by atoms with van der Waals surface area (Å²) in [5.74, 6) is 0.813. The molecule has 1 aromatic heterocycles. The number of rotatable bonds is 5. The van der Waals surface area contributed by atoms with Gasteiger partial charge in [-0.2, -0.15) is 0 Å². The molecular weight excluding hydrogens is 256 g/mol. The molecule has 7 heteroatoms. The first-order valence-corrected chi connectivity index (χ1v) is 5.77. The third-order valence-corrected chi connectivity index (χ3v) is 2.55. The Bertz CT molecular complexity index is 463. The van der Waals surface area contributed by atoms with Crippen LogP contribution in [0.3, 0.4) is 0 Å². The Balaban J connectivity index is 2.73. The lowest BCUT2D eigenvalue weighted by molar-refractivity contribution is -0.128. The summed E-state index contributed by atoms with van der Waals surface area (Å²) >= 11 is 5.83. The van der Waals surface area contributed by atoms with E-state index in [0.717, 1.165) is 0 Å². The van der Waals surface area contributed by atoms with E-state index in [-0.39, 0.29) is 16.6 Å². The Morgan fingerprint density at radius 1 is 1.44 bits per heavy atom. The second-order valence-corrected chi connectivity index (χ2v) is 4.26. The zero-order valence-corrected chi connectivity index (χ0v) is 11.3. The van der Waals surface area contributed by atoms with Crippen LogP contribution in [0.4, 0.5) is 5.82 Å². The highest BCUT2D eigenvalue weighted by molar-refractivity contribution is 6.32. The summed E-state index contributed by atoms with van der Waals surface area (Å²) in [7, 11) is 3.37. The molecule has 0 spiro atoms. The van der Waals surface area contributed by atoms with Crippen LogP contribution in [-0.4, -0.2) is 47.7 Å². The van der Waals surface area contributed by atoms with Gasteiger partial charge in [0, 0.05) is 27.1 Å².